The van der Waals surface area contributed by atoms with Crippen LogP contribution in [0.15, 0.2) is 66.9 Å². The lowest BCUT2D eigenvalue weighted by Gasteiger charge is -2.29. The third kappa shape index (κ3) is 3.71. The van der Waals surface area contributed by atoms with E-state index in [1.54, 1.807) is 35.4 Å². The zero-order valence-corrected chi connectivity index (χ0v) is 15.4. The van der Waals surface area contributed by atoms with Crippen molar-refractivity contribution in [1.82, 2.24) is 4.98 Å². The first kappa shape index (κ1) is 17.7. The van der Waals surface area contributed by atoms with Crippen molar-refractivity contribution in [2.24, 2.45) is 0 Å². The van der Waals surface area contributed by atoms with Gasteiger partial charge in [0, 0.05) is 11.8 Å². The Balaban J connectivity index is 1.61. The number of fused-ring (bicyclic) bond motifs is 1. The zero-order valence-electron chi connectivity index (χ0n) is 15.4. The highest BCUT2D eigenvalue weighted by molar-refractivity contribution is 6.06. The van der Waals surface area contributed by atoms with Gasteiger partial charge in [-0.15, -0.1) is 0 Å². The molecule has 0 atom stereocenters. The quantitative estimate of drug-likeness (QED) is 0.759. The van der Waals surface area contributed by atoms with Gasteiger partial charge in [-0.25, -0.2) is 4.98 Å². The molecule has 2 aromatic carbocycles. The molecule has 1 N–H and O–H groups in total. The first-order chi connectivity index (χ1) is 13.6. The number of nitrogens with zero attached hydrogens (tertiary/aromatic N) is 2. The second-order valence-electron chi connectivity index (χ2n) is 6.61. The Morgan fingerprint density at radius 3 is 2.71 bits per heavy atom. The monoisotopic (exact) mass is 373 g/mol. The van der Waals surface area contributed by atoms with Crippen LogP contribution in [0.2, 0.25) is 0 Å². The number of nitrogens with one attached hydrogen (secondary N) is 1. The van der Waals surface area contributed by atoms with Gasteiger partial charge in [-0.3, -0.25) is 9.59 Å². The van der Waals surface area contributed by atoms with E-state index in [1.807, 2.05) is 43.3 Å². The Bertz CT molecular complexity index is 1020. The second-order valence-corrected chi connectivity index (χ2v) is 6.61. The molecule has 140 valence electrons. The standard InChI is InChI=1S/C22H19N3O3/c1-15-7-10-20(23-12-15)24-22(27)17-8-9-19-18(11-17)25(21(26)14-28-19)13-16-5-3-2-4-6-16/h2-12H,13-14H2,1H3,(H,23,24,27). The number of pyridine rings is 1. The fourth-order valence-electron chi connectivity index (χ4n) is 3.01. The summed E-state index contributed by atoms with van der Waals surface area (Å²) in [6.45, 7) is 2.33. The number of benzene rings is 2. The molecule has 28 heavy (non-hydrogen) atoms. The lowest BCUT2D eigenvalue weighted by atomic mass is 10.1. The number of ether oxygens (including phenoxy) is 1. The van der Waals surface area contributed by atoms with E-state index >= 15 is 0 Å². The molecule has 0 fully saturated rings. The molecule has 0 radical (unpaired) electrons. The summed E-state index contributed by atoms with van der Waals surface area (Å²) >= 11 is 0. The summed E-state index contributed by atoms with van der Waals surface area (Å²) in [5, 5.41) is 2.77. The summed E-state index contributed by atoms with van der Waals surface area (Å²) in [6.07, 6.45) is 1.69. The maximum Gasteiger partial charge on any atom is 0.265 e. The van der Waals surface area contributed by atoms with Gasteiger partial charge >= 0.3 is 0 Å². The summed E-state index contributed by atoms with van der Waals surface area (Å²) in [7, 11) is 0. The lowest BCUT2D eigenvalue weighted by Crippen LogP contribution is -2.38. The predicted octanol–water partition coefficient (Wildman–Crippen LogP) is 3.57. The van der Waals surface area contributed by atoms with Crippen molar-refractivity contribution in [3.8, 4) is 5.75 Å². The highest BCUT2D eigenvalue weighted by atomic mass is 16.5. The number of aryl methyl sites for hydroxylation is 1. The number of aromatic nitrogens is 1. The van der Waals surface area contributed by atoms with E-state index in [-0.39, 0.29) is 18.4 Å². The maximum absolute atomic E-state index is 12.6. The molecule has 1 aromatic heterocycles. The van der Waals surface area contributed by atoms with Crippen molar-refractivity contribution in [2.45, 2.75) is 13.5 Å². The van der Waals surface area contributed by atoms with Crippen LogP contribution in [-0.2, 0) is 11.3 Å². The molecule has 0 bridgehead atoms. The van der Waals surface area contributed by atoms with Crippen LogP contribution in [0.5, 0.6) is 5.75 Å². The first-order valence-corrected chi connectivity index (χ1v) is 8.95. The molecule has 2 amide bonds. The van der Waals surface area contributed by atoms with Crippen LogP contribution in [0.1, 0.15) is 21.5 Å². The molecule has 0 saturated heterocycles. The van der Waals surface area contributed by atoms with Crippen molar-refractivity contribution in [3.63, 3.8) is 0 Å². The summed E-state index contributed by atoms with van der Waals surface area (Å²) in [5.74, 6) is 0.619. The highest BCUT2D eigenvalue weighted by Crippen LogP contribution is 2.34. The van der Waals surface area contributed by atoms with Gasteiger partial charge in [-0.2, -0.15) is 0 Å². The largest absolute Gasteiger partial charge is 0.482 e. The van der Waals surface area contributed by atoms with E-state index in [0.29, 0.717) is 29.4 Å². The van der Waals surface area contributed by atoms with E-state index in [1.165, 1.54) is 0 Å². The van der Waals surface area contributed by atoms with Crippen LogP contribution in [-0.4, -0.2) is 23.4 Å². The summed E-state index contributed by atoms with van der Waals surface area (Å²) in [6, 6.07) is 18.4. The number of carbonyl (C=O) groups excluding carboxylic acids is 2. The van der Waals surface area contributed by atoms with Crippen LogP contribution < -0.4 is 15.0 Å². The van der Waals surface area contributed by atoms with E-state index in [2.05, 4.69) is 10.3 Å². The minimum absolute atomic E-state index is 0.0152. The number of carbonyl (C=O) groups is 2. The van der Waals surface area contributed by atoms with Gasteiger partial charge in [0.1, 0.15) is 11.6 Å². The number of anilines is 2. The van der Waals surface area contributed by atoms with Crippen molar-refractivity contribution in [1.29, 1.82) is 0 Å². The van der Waals surface area contributed by atoms with E-state index in [4.69, 9.17) is 4.74 Å². The van der Waals surface area contributed by atoms with Gasteiger partial charge in [0.05, 0.1) is 12.2 Å². The summed E-state index contributed by atoms with van der Waals surface area (Å²) in [4.78, 5) is 30.9. The molecular weight excluding hydrogens is 354 g/mol. The number of hydrogen-bond donors (Lipinski definition) is 1. The fourth-order valence-corrected chi connectivity index (χ4v) is 3.01. The third-order valence-electron chi connectivity index (χ3n) is 4.50. The van der Waals surface area contributed by atoms with Crippen LogP contribution >= 0.6 is 0 Å². The molecule has 1 aliphatic rings. The average Bonchev–Trinajstić information content (AvgIpc) is 2.72. The molecule has 2 heterocycles. The summed E-state index contributed by atoms with van der Waals surface area (Å²) in [5.41, 5.74) is 3.03. The van der Waals surface area contributed by atoms with Crippen LogP contribution in [0.3, 0.4) is 0 Å². The zero-order chi connectivity index (χ0) is 19.5. The van der Waals surface area contributed by atoms with Gasteiger partial charge in [0.25, 0.3) is 11.8 Å². The molecule has 1 aliphatic heterocycles. The number of amides is 2. The van der Waals surface area contributed by atoms with Crippen molar-refractivity contribution < 1.29 is 14.3 Å². The Hall–Kier alpha value is -3.67. The molecule has 0 unspecified atom stereocenters. The topological polar surface area (TPSA) is 71.5 Å². The normalized spacial score (nSPS) is 12.9. The van der Waals surface area contributed by atoms with Gasteiger partial charge in [0.15, 0.2) is 6.61 Å². The van der Waals surface area contributed by atoms with E-state index < -0.39 is 0 Å². The van der Waals surface area contributed by atoms with E-state index in [0.717, 1.165) is 11.1 Å². The molecule has 4 rings (SSSR count). The highest BCUT2D eigenvalue weighted by Gasteiger charge is 2.26. The van der Waals surface area contributed by atoms with Crippen LogP contribution in [0, 0.1) is 6.92 Å². The Morgan fingerprint density at radius 2 is 1.96 bits per heavy atom. The fraction of sp³-hybridized carbons (Fsp3) is 0.136. The van der Waals surface area contributed by atoms with Crippen molar-refractivity contribution in [2.75, 3.05) is 16.8 Å². The minimum atomic E-state index is -0.295. The van der Waals surface area contributed by atoms with Gasteiger partial charge < -0.3 is 15.0 Å². The molecule has 0 saturated carbocycles. The molecule has 0 spiro atoms. The Morgan fingerprint density at radius 1 is 1.14 bits per heavy atom. The van der Waals surface area contributed by atoms with Crippen molar-refractivity contribution in [3.05, 3.63) is 83.6 Å². The average molecular weight is 373 g/mol. The lowest BCUT2D eigenvalue weighted by molar-refractivity contribution is -0.121. The smallest absolute Gasteiger partial charge is 0.265 e. The second kappa shape index (κ2) is 7.52. The van der Waals surface area contributed by atoms with Crippen LogP contribution in [0.25, 0.3) is 0 Å². The van der Waals surface area contributed by atoms with Gasteiger partial charge in [0.2, 0.25) is 0 Å². The third-order valence-corrected chi connectivity index (χ3v) is 4.50. The molecule has 6 nitrogen and oxygen atoms in total. The van der Waals surface area contributed by atoms with Crippen LogP contribution in [0.4, 0.5) is 11.5 Å². The predicted molar refractivity (Wildman–Crippen MR) is 106 cm³/mol. The number of rotatable bonds is 4. The maximum atomic E-state index is 12.6. The van der Waals surface area contributed by atoms with E-state index in [9.17, 15) is 9.59 Å². The molecular formula is C22H19N3O3. The molecule has 0 aliphatic carbocycles. The van der Waals surface area contributed by atoms with Crippen molar-refractivity contribution >= 4 is 23.3 Å². The Labute approximate surface area is 162 Å². The SMILES string of the molecule is Cc1ccc(NC(=O)c2ccc3c(c2)N(Cc2ccccc2)C(=O)CO3)nc1. The Kier molecular flexibility index (Phi) is 4.76. The van der Waals surface area contributed by atoms with Gasteiger partial charge in [-0.1, -0.05) is 36.4 Å². The van der Waals surface area contributed by atoms with Gasteiger partial charge in [-0.05, 0) is 42.3 Å². The molecule has 3 aromatic rings. The number of hydrogen-bond acceptors (Lipinski definition) is 4. The molecule has 6 heteroatoms. The minimum Gasteiger partial charge on any atom is -0.482 e. The summed E-state index contributed by atoms with van der Waals surface area (Å²) < 4.78 is 5.53. The first-order valence-electron chi connectivity index (χ1n) is 8.95.